The zero-order valence-electron chi connectivity index (χ0n) is 14.1. The van der Waals surface area contributed by atoms with Gasteiger partial charge in [-0.05, 0) is 25.0 Å². The van der Waals surface area contributed by atoms with E-state index in [9.17, 15) is 4.79 Å². The molecule has 3 rings (SSSR count). The van der Waals surface area contributed by atoms with Gasteiger partial charge in [0.05, 0.1) is 9.75 Å². The minimum Gasteiger partial charge on any atom is -0.381 e. The molecule has 1 aromatic heterocycles. The smallest absolute Gasteiger partial charge is 0.230 e. The van der Waals surface area contributed by atoms with Crippen molar-refractivity contribution in [1.82, 2.24) is 9.80 Å². The van der Waals surface area contributed by atoms with Crippen molar-refractivity contribution in [2.45, 2.75) is 19.4 Å². The van der Waals surface area contributed by atoms with E-state index in [1.165, 1.54) is 4.88 Å². The largest absolute Gasteiger partial charge is 0.381 e. The summed E-state index contributed by atoms with van der Waals surface area (Å²) in [5.74, 6) is 0.224. The van der Waals surface area contributed by atoms with Crippen molar-refractivity contribution in [3.63, 3.8) is 0 Å². The first kappa shape index (κ1) is 23.0. The third kappa shape index (κ3) is 5.45. The first-order chi connectivity index (χ1) is 11.1. The number of rotatable bonds is 4. The zero-order chi connectivity index (χ0) is 16.3. The topological polar surface area (TPSA) is 58.8 Å². The number of thiophene rings is 1. The number of carbonyl (C=O) groups excluding carboxylic acids is 1. The highest BCUT2D eigenvalue weighted by atomic mass is 35.5. The van der Waals surface area contributed by atoms with Crippen LogP contribution in [0.15, 0.2) is 12.1 Å². The second kappa shape index (κ2) is 10.3. The van der Waals surface area contributed by atoms with Crippen molar-refractivity contribution in [3.05, 3.63) is 21.3 Å². The fourth-order valence-corrected chi connectivity index (χ4v) is 4.50. The fourth-order valence-electron chi connectivity index (χ4n) is 3.37. The number of hydrogen-bond donors (Lipinski definition) is 1. The first-order valence-corrected chi connectivity index (χ1v) is 9.36. The van der Waals surface area contributed by atoms with Crippen LogP contribution in [0.5, 0.6) is 0 Å². The van der Waals surface area contributed by atoms with Gasteiger partial charge in [0.15, 0.2) is 0 Å². The number of amides is 1. The Hall–Kier alpha value is -0.0800. The monoisotopic (exact) mass is 429 g/mol. The Kier molecular flexibility index (Phi) is 9.46. The number of nitrogens with two attached hydrogens (primary N) is 1. The molecular formula is C16H26Cl3N3O2S. The van der Waals surface area contributed by atoms with Crippen molar-refractivity contribution in [2.24, 2.45) is 11.1 Å². The lowest BCUT2D eigenvalue weighted by Gasteiger charge is -2.42. The van der Waals surface area contributed by atoms with Crippen LogP contribution >= 0.6 is 47.8 Å². The van der Waals surface area contributed by atoms with Gasteiger partial charge >= 0.3 is 0 Å². The number of hydrogen-bond acceptors (Lipinski definition) is 5. The van der Waals surface area contributed by atoms with Crippen LogP contribution in [-0.2, 0) is 16.1 Å². The van der Waals surface area contributed by atoms with Gasteiger partial charge in [0, 0.05) is 57.4 Å². The zero-order valence-corrected chi connectivity index (χ0v) is 17.3. The van der Waals surface area contributed by atoms with Gasteiger partial charge in [-0.2, -0.15) is 0 Å². The SMILES string of the molecule is Cl.Cl.NCC1(C(=O)N2CCN(Cc3ccc(Cl)s3)CC2)CCOCC1. The van der Waals surface area contributed by atoms with Gasteiger partial charge in [0.1, 0.15) is 0 Å². The van der Waals surface area contributed by atoms with E-state index in [0.29, 0.717) is 19.8 Å². The van der Waals surface area contributed by atoms with Crippen LogP contribution in [0.4, 0.5) is 0 Å². The molecule has 9 heteroatoms. The van der Waals surface area contributed by atoms with Gasteiger partial charge in [-0.1, -0.05) is 11.6 Å². The molecule has 0 bridgehead atoms. The molecule has 1 aromatic rings. The summed E-state index contributed by atoms with van der Waals surface area (Å²) in [6.07, 6.45) is 1.49. The summed E-state index contributed by atoms with van der Waals surface area (Å²) in [6.45, 7) is 5.97. The van der Waals surface area contributed by atoms with Gasteiger partial charge in [0.25, 0.3) is 0 Å². The van der Waals surface area contributed by atoms with Gasteiger partial charge in [-0.25, -0.2) is 0 Å². The van der Waals surface area contributed by atoms with Crippen LogP contribution in [0.25, 0.3) is 0 Å². The average molecular weight is 431 g/mol. The normalized spacial score (nSPS) is 20.5. The molecule has 0 unspecified atom stereocenters. The first-order valence-electron chi connectivity index (χ1n) is 8.17. The minimum atomic E-state index is -0.401. The van der Waals surface area contributed by atoms with Crippen LogP contribution in [0.2, 0.25) is 4.34 Å². The van der Waals surface area contributed by atoms with E-state index < -0.39 is 5.41 Å². The molecule has 0 atom stereocenters. The Morgan fingerprint density at radius 2 is 1.84 bits per heavy atom. The number of carbonyl (C=O) groups is 1. The van der Waals surface area contributed by atoms with E-state index >= 15 is 0 Å². The average Bonchev–Trinajstić information content (AvgIpc) is 3.00. The molecule has 5 nitrogen and oxygen atoms in total. The molecular weight excluding hydrogens is 405 g/mol. The standard InChI is InChI=1S/C16H24ClN3O2S.2ClH/c17-14-2-1-13(23-14)11-19-5-7-20(8-6-19)15(21)16(12-18)3-9-22-10-4-16;;/h1-2H,3-12,18H2;2*1H. The van der Waals surface area contributed by atoms with Crippen molar-refractivity contribution < 1.29 is 9.53 Å². The molecule has 3 heterocycles. The highest BCUT2D eigenvalue weighted by Gasteiger charge is 2.42. The Balaban J connectivity index is 0.00000156. The summed E-state index contributed by atoms with van der Waals surface area (Å²) in [5, 5.41) is 0. The van der Waals surface area contributed by atoms with Crippen molar-refractivity contribution in [1.29, 1.82) is 0 Å². The lowest BCUT2D eigenvalue weighted by atomic mass is 9.78. The highest BCUT2D eigenvalue weighted by molar-refractivity contribution is 7.16. The van der Waals surface area contributed by atoms with Gasteiger partial charge < -0.3 is 15.4 Å². The number of nitrogens with zero attached hydrogens (tertiary/aromatic N) is 2. The summed E-state index contributed by atoms with van der Waals surface area (Å²) in [6, 6.07) is 4.02. The van der Waals surface area contributed by atoms with E-state index in [-0.39, 0.29) is 30.7 Å². The molecule has 144 valence electrons. The van der Waals surface area contributed by atoms with Crippen molar-refractivity contribution >= 4 is 53.7 Å². The second-order valence-corrected chi connectivity index (χ2v) is 8.17. The van der Waals surface area contributed by atoms with Crippen LogP contribution in [-0.4, -0.2) is 61.6 Å². The molecule has 25 heavy (non-hydrogen) atoms. The maximum atomic E-state index is 12.9. The van der Waals surface area contributed by atoms with Crippen LogP contribution < -0.4 is 5.73 Å². The maximum absolute atomic E-state index is 12.9. The summed E-state index contributed by atoms with van der Waals surface area (Å²) >= 11 is 7.61. The Bertz CT molecular complexity index is 544. The Morgan fingerprint density at radius 3 is 2.36 bits per heavy atom. The third-order valence-electron chi connectivity index (χ3n) is 4.96. The van der Waals surface area contributed by atoms with Crippen LogP contribution in [0.3, 0.4) is 0 Å². The molecule has 2 N–H and O–H groups in total. The molecule has 0 aromatic carbocycles. The van der Waals surface area contributed by atoms with Gasteiger partial charge in [-0.15, -0.1) is 36.2 Å². The Labute approximate surface area is 170 Å². The lowest BCUT2D eigenvalue weighted by Crippen LogP contribution is -2.56. The highest BCUT2D eigenvalue weighted by Crippen LogP contribution is 2.32. The molecule has 0 spiro atoms. The summed E-state index contributed by atoms with van der Waals surface area (Å²) < 4.78 is 6.24. The second-order valence-electron chi connectivity index (χ2n) is 6.37. The molecule has 0 aliphatic carbocycles. The molecule has 2 aliphatic heterocycles. The third-order valence-corrected chi connectivity index (χ3v) is 6.18. The summed E-state index contributed by atoms with van der Waals surface area (Å²) in [5.41, 5.74) is 5.55. The molecule has 0 saturated carbocycles. The predicted octanol–water partition coefficient (Wildman–Crippen LogP) is 2.64. The minimum absolute atomic E-state index is 0. The molecule has 2 aliphatic rings. The van der Waals surface area contributed by atoms with Crippen LogP contribution in [0.1, 0.15) is 17.7 Å². The lowest BCUT2D eigenvalue weighted by molar-refractivity contribution is -0.149. The van der Waals surface area contributed by atoms with Gasteiger partial charge in [0.2, 0.25) is 5.91 Å². The predicted molar refractivity (Wildman–Crippen MR) is 107 cm³/mol. The van der Waals surface area contributed by atoms with Crippen molar-refractivity contribution in [2.75, 3.05) is 45.9 Å². The fraction of sp³-hybridized carbons (Fsp3) is 0.688. The summed E-state index contributed by atoms with van der Waals surface area (Å²) in [4.78, 5) is 18.6. The van der Waals surface area contributed by atoms with E-state index in [4.69, 9.17) is 22.1 Å². The number of halogens is 3. The van der Waals surface area contributed by atoms with Crippen molar-refractivity contribution in [3.8, 4) is 0 Å². The molecule has 1 amide bonds. The quantitative estimate of drug-likeness (QED) is 0.798. The molecule has 2 saturated heterocycles. The van der Waals surface area contributed by atoms with E-state index in [1.54, 1.807) is 11.3 Å². The molecule has 0 radical (unpaired) electrons. The van der Waals surface area contributed by atoms with E-state index in [1.807, 2.05) is 11.0 Å². The number of piperazine rings is 1. The Morgan fingerprint density at radius 1 is 1.20 bits per heavy atom. The maximum Gasteiger partial charge on any atom is 0.230 e. The molecule has 2 fully saturated rings. The van der Waals surface area contributed by atoms with E-state index in [0.717, 1.165) is 49.9 Å². The number of ether oxygens (including phenoxy) is 1. The van der Waals surface area contributed by atoms with E-state index in [2.05, 4.69) is 11.0 Å². The van der Waals surface area contributed by atoms with Gasteiger partial charge in [-0.3, -0.25) is 9.69 Å². The summed E-state index contributed by atoms with van der Waals surface area (Å²) in [7, 11) is 0. The van der Waals surface area contributed by atoms with Crippen LogP contribution in [0, 0.1) is 5.41 Å².